The van der Waals surface area contributed by atoms with E-state index in [-0.39, 0.29) is 22.6 Å². The first-order chi connectivity index (χ1) is 11.8. The second-order valence-corrected chi connectivity index (χ2v) is 8.25. The van der Waals surface area contributed by atoms with Crippen LogP contribution in [0.5, 0.6) is 0 Å². The molecular formula is C17H25N3O4S. The Morgan fingerprint density at radius 3 is 2.48 bits per heavy atom. The van der Waals surface area contributed by atoms with E-state index in [4.69, 9.17) is 0 Å². The van der Waals surface area contributed by atoms with Gasteiger partial charge in [0, 0.05) is 39.3 Å². The maximum absolute atomic E-state index is 12.5. The summed E-state index contributed by atoms with van der Waals surface area (Å²) in [7, 11) is -0.403. The first-order valence-electron chi connectivity index (χ1n) is 8.38. The Morgan fingerprint density at radius 2 is 1.92 bits per heavy atom. The fourth-order valence-corrected chi connectivity index (χ4v) is 4.19. The van der Waals surface area contributed by atoms with Gasteiger partial charge in [0.1, 0.15) is 0 Å². The highest BCUT2D eigenvalue weighted by Gasteiger charge is 2.31. The summed E-state index contributed by atoms with van der Waals surface area (Å²) in [5.41, 5.74) is 0.426. The Kier molecular flexibility index (Phi) is 6.18. The SMILES string of the molecule is CCCN(C)S(=O)(=O)c1ccc(C(=O)N2CC[C@H](C(=O)NC)C2)cc1. The van der Waals surface area contributed by atoms with Crippen molar-refractivity contribution in [3.63, 3.8) is 0 Å². The number of sulfonamides is 1. The average Bonchev–Trinajstić information content (AvgIpc) is 3.10. The molecule has 1 aliphatic rings. The van der Waals surface area contributed by atoms with Gasteiger partial charge in [-0.3, -0.25) is 9.59 Å². The van der Waals surface area contributed by atoms with Gasteiger partial charge in [-0.05, 0) is 37.1 Å². The molecule has 0 aliphatic carbocycles. The van der Waals surface area contributed by atoms with Crippen LogP contribution in [0, 0.1) is 5.92 Å². The molecule has 25 heavy (non-hydrogen) atoms. The van der Waals surface area contributed by atoms with E-state index in [2.05, 4.69) is 5.32 Å². The molecule has 1 saturated heterocycles. The summed E-state index contributed by atoms with van der Waals surface area (Å²) in [6, 6.07) is 5.98. The van der Waals surface area contributed by atoms with Gasteiger partial charge in [0.15, 0.2) is 0 Å². The number of likely N-dealkylation sites (tertiary alicyclic amines) is 1. The largest absolute Gasteiger partial charge is 0.359 e. The van der Waals surface area contributed by atoms with Crippen molar-refractivity contribution in [1.29, 1.82) is 0 Å². The Labute approximate surface area is 149 Å². The van der Waals surface area contributed by atoms with Crippen LogP contribution in [0.4, 0.5) is 0 Å². The molecule has 1 aromatic carbocycles. The Bertz CT molecular complexity index is 731. The van der Waals surface area contributed by atoms with Gasteiger partial charge in [-0.15, -0.1) is 0 Å². The van der Waals surface area contributed by atoms with Gasteiger partial charge >= 0.3 is 0 Å². The summed E-state index contributed by atoms with van der Waals surface area (Å²) in [6.45, 7) is 3.27. The van der Waals surface area contributed by atoms with Crippen molar-refractivity contribution < 1.29 is 18.0 Å². The quantitative estimate of drug-likeness (QED) is 0.810. The second-order valence-electron chi connectivity index (χ2n) is 6.20. The van der Waals surface area contributed by atoms with E-state index in [0.717, 1.165) is 6.42 Å². The standard InChI is InChI=1S/C17H25N3O4S/c1-4-10-19(3)25(23,24)15-7-5-13(6-8-15)17(22)20-11-9-14(12-20)16(21)18-2/h5-8,14H,4,9-12H2,1-3H3,(H,18,21)/t14-/m0/s1. The molecule has 1 aromatic rings. The van der Waals surface area contributed by atoms with E-state index >= 15 is 0 Å². The zero-order chi connectivity index (χ0) is 18.6. The summed E-state index contributed by atoms with van der Waals surface area (Å²) in [6.07, 6.45) is 1.37. The molecule has 1 atom stereocenters. The van der Waals surface area contributed by atoms with Crippen LogP contribution >= 0.6 is 0 Å². The minimum absolute atomic E-state index is 0.0595. The highest BCUT2D eigenvalue weighted by Crippen LogP contribution is 2.21. The normalized spacial score (nSPS) is 17.8. The lowest BCUT2D eigenvalue weighted by molar-refractivity contribution is -0.124. The number of amides is 2. The van der Waals surface area contributed by atoms with Gasteiger partial charge in [0.2, 0.25) is 15.9 Å². The smallest absolute Gasteiger partial charge is 0.253 e. The zero-order valence-corrected chi connectivity index (χ0v) is 15.7. The summed E-state index contributed by atoms with van der Waals surface area (Å²) >= 11 is 0. The van der Waals surface area contributed by atoms with Crippen LogP contribution in [-0.4, -0.2) is 63.2 Å². The van der Waals surface area contributed by atoms with Crippen molar-refractivity contribution in [2.24, 2.45) is 5.92 Å². The van der Waals surface area contributed by atoms with Crippen LogP contribution < -0.4 is 5.32 Å². The lowest BCUT2D eigenvalue weighted by atomic mass is 10.1. The molecule has 0 radical (unpaired) electrons. The van der Waals surface area contributed by atoms with E-state index in [1.165, 1.54) is 28.6 Å². The van der Waals surface area contributed by atoms with E-state index in [9.17, 15) is 18.0 Å². The number of nitrogens with zero attached hydrogens (tertiary/aromatic N) is 2. The van der Waals surface area contributed by atoms with Gasteiger partial charge in [-0.2, -0.15) is 0 Å². The summed E-state index contributed by atoms with van der Waals surface area (Å²) < 4.78 is 26.1. The molecule has 0 spiro atoms. The minimum atomic E-state index is -3.53. The molecule has 8 heteroatoms. The third kappa shape index (κ3) is 4.19. The molecule has 2 rings (SSSR count). The van der Waals surface area contributed by atoms with Crippen molar-refractivity contribution in [2.45, 2.75) is 24.7 Å². The number of benzene rings is 1. The van der Waals surface area contributed by atoms with Crippen molar-refractivity contribution >= 4 is 21.8 Å². The molecule has 0 saturated carbocycles. The number of carbonyl (C=O) groups excluding carboxylic acids is 2. The Morgan fingerprint density at radius 1 is 1.28 bits per heavy atom. The molecule has 2 amide bonds. The molecule has 0 aromatic heterocycles. The zero-order valence-electron chi connectivity index (χ0n) is 14.9. The van der Waals surface area contributed by atoms with Gasteiger partial charge in [-0.1, -0.05) is 6.92 Å². The first kappa shape index (κ1) is 19.4. The molecular weight excluding hydrogens is 342 g/mol. The minimum Gasteiger partial charge on any atom is -0.359 e. The number of rotatable bonds is 6. The Hall–Kier alpha value is -1.93. The fourth-order valence-electron chi connectivity index (χ4n) is 2.93. The van der Waals surface area contributed by atoms with Crippen LogP contribution in [0.25, 0.3) is 0 Å². The number of carbonyl (C=O) groups is 2. The van der Waals surface area contributed by atoms with Gasteiger partial charge in [0.25, 0.3) is 5.91 Å². The van der Waals surface area contributed by atoms with Gasteiger partial charge in [-0.25, -0.2) is 12.7 Å². The molecule has 0 bridgehead atoms. The third-order valence-electron chi connectivity index (χ3n) is 4.44. The second kappa shape index (κ2) is 7.97. The van der Waals surface area contributed by atoms with Gasteiger partial charge < -0.3 is 10.2 Å². The lowest BCUT2D eigenvalue weighted by Crippen LogP contribution is -2.33. The van der Waals surface area contributed by atoms with Crippen molar-refractivity contribution in [3.05, 3.63) is 29.8 Å². The molecule has 1 heterocycles. The van der Waals surface area contributed by atoms with Crippen LogP contribution in [0.15, 0.2) is 29.2 Å². The summed E-state index contributed by atoms with van der Waals surface area (Å²) in [4.78, 5) is 26.0. The highest BCUT2D eigenvalue weighted by atomic mass is 32.2. The topological polar surface area (TPSA) is 86.8 Å². The van der Waals surface area contributed by atoms with Gasteiger partial charge in [0.05, 0.1) is 10.8 Å². The number of hydrogen-bond acceptors (Lipinski definition) is 4. The predicted molar refractivity (Wildman–Crippen MR) is 94.6 cm³/mol. The Balaban J connectivity index is 2.10. The predicted octanol–water partition coefficient (Wildman–Crippen LogP) is 0.925. The number of nitrogens with one attached hydrogen (secondary N) is 1. The summed E-state index contributed by atoms with van der Waals surface area (Å²) in [5.74, 6) is -0.427. The maximum atomic E-state index is 12.5. The number of hydrogen-bond donors (Lipinski definition) is 1. The summed E-state index contributed by atoms with van der Waals surface area (Å²) in [5, 5.41) is 2.60. The maximum Gasteiger partial charge on any atom is 0.253 e. The van der Waals surface area contributed by atoms with Crippen LogP contribution in [0.1, 0.15) is 30.1 Å². The van der Waals surface area contributed by atoms with Crippen molar-refractivity contribution in [1.82, 2.24) is 14.5 Å². The molecule has 1 fully saturated rings. The van der Waals surface area contributed by atoms with E-state index < -0.39 is 10.0 Å². The lowest BCUT2D eigenvalue weighted by Gasteiger charge is -2.18. The van der Waals surface area contributed by atoms with E-state index in [0.29, 0.717) is 31.6 Å². The fraction of sp³-hybridized carbons (Fsp3) is 0.529. The molecule has 1 aliphatic heterocycles. The first-order valence-corrected chi connectivity index (χ1v) is 9.82. The van der Waals surface area contributed by atoms with Crippen LogP contribution in [0.3, 0.4) is 0 Å². The molecule has 138 valence electrons. The molecule has 1 N–H and O–H groups in total. The molecule has 0 unspecified atom stereocenters. The average molecular weight is 367 g/mol. The van der Waals surface area contributed by atoms with Crippen LogP contribution in [-0.2, 0) is 14.8 Å². The van der Waals surface area contributed by atoms with Crippen molar-refractivity contribution in [2.75, 3.05) is 33.7 Å². The van der Waals surface area contributed by atoms with Crippen LogP contribution in [0.2, 0.25) is 0 Å². The monoisotopic (exact) mass is 367 g/mol. The molecule has 7 nitrogen and oxygen atoms in total. The van der Waals surface area contributed by atoms with Crippen molar-refractivity contribution in [3.8, 4) is 0 Å². The highest BCUT2D eigenvalue weighted by molar-refractivity contribution is 7.89. The third-order valence-corrected chi connectivity index (χ3v) is 6.31. The van der Waals surface area contributed by atoms with E-state index in [1.54, 1.807) is 19.0 Å². The van der Waals surface area contributed by atoms with E-state index in [1.807, 2.05) is 6.92 Å².